The van der Waals surface area contributed by atoms with Gasteiger partial charge in [0.05, 0.1) is 6.04 Å². The van der Waals surface area contributed by atoms with Crippen molar-refractivity contribution in [3.63, 3.8) is 0 Å². The van der Waals surface area contributed by atoms with Crippen LogP contribution in [-0.4, -0.2) is 21.0 Å². The van der Waals surface area contributed by atoms with Crippen LogP contribution in [0.4, 0.5) is 5.69 Å². The minimum Gasteiger partial charge on any atom is -0.476 e. The molecule has 0 aromatic carbocycles. The lowest BCUT2D eigenvalue weighted by Crippen LogP contribution is -2.07. The number of carboxylic acids is 1. The van der Waals surface area contributed by atoms with Crippen molar-refractivity contribution in [1.82, 2.24) is 9.97 Å². The topological polar surface area (TPSA) is 98.9 Å². The van der Waals surface area contributed by atoms with Gasteiger partial charge in [-0.1, -0.05) is 0 Å². The average molecular weight is 274 g/mol. The van der Waals surface area contributed by atoms with E-state index in [-0.39, 0.29) is 11.7 Å². The summed E-state index contributed by atoms with van der Waals surface area (Å²) in [5.41, 5.74) is 1.11. The Hall–Kier alpha value is -2.46. The third kappa shape index (κ3) is 3.05. The number of carbonyl (C=O) groups is 1. The van der Waals surface area contributed by atoms with Crippen LogP contribution in [0.3, 0.4) is 0 Å². The molecule has 0 saturated heterocycles. The molecule has 1 atom stereocenters. The summed E-state index contributed by atoms with van der Waals surface area (Å²) >= 11 is 1.28. The van der Waals surface area contributed by atoms with Crippen molar-refractivity contribution in [2.75, 3.05) is 5.32 Å². The minimum absolute atomic E-state index is 0.0427. The predicted molar refractivity (Wildman–Crippen MR) is 70.1 cm³/mol. The highest BCUT2D eigenvalue weighted by Gasteiger charge is 2.14. The SMILES string of the molecule is CC(Nc1ccnc(C#N)c1)c1nc(C(=O)O)cs1. The lowest BCUT2D eigenvalue weighted by molar-refractivity contribution is 0.0691. The Morgan fingerprint density at radius 1 is 1.63 bits per heavy atom. The summed E-state index contributed by atoms with van der Waals surface area (Å²) in [6.07, 6.45) is 1.54. The quantitative estimate of drug-likeness (QED) is 0.887. The summed E-state index contributed by atoms with van der Waals surface area (Å²) in [5, 5.41) is 22.9. The van der Waals surface area contributed by atoms with Crippen molar-refractivity contribution in [1.29, 1.82) is 5.26 Å². The van der Waals surface area contributed by atoms with Crippen LogP contribution in [0.25, 0.3) is 0 Å². The fraction of sp³-hybridized carbons (Fsp3) is 0.167. The molecule has 0 aliphatic carbocycles. The van der Waals surface area contributed by atoms with Crippen LogP contribution in [0, 0.1) is 11.3 Å². The van der Waals surface area contributed by atoms with Crippen molar-refractivity contribution in [3.8, 4) is 6.07 Å². The van der Waals surface area contributed by atoms with Crippen molar-refractivity contribution in [2.24, 2.45) is 0 Å². The molecule has 0 aliphatic heterocycles. The van der Waals surface area contributed by atoms with E-state index >= 15 is 0 Å². The summed E-state index contributed by atoms with van der Waals surface area (Å²) in [7, 11) is 0. The van der Waals surface area contributed by atoms with Crippen LogP contribution in [0.1, 0.15) is 34.2 Å². The molecular formula is C12H10N4O2S. The molecule has 0 aliphatic rings. The molecule has 2 aromatic rings. The highest BCUT2D eigenvalue weighted by atomic mass is 32.1. The van der Waals surface area contributed by atoms with Gasteiger partial charge >= 0.3 is 5.97 Å². The van der Waals surface area contributed by atoms with E-state index in [2.05, 4.69) is 15.3 Å². The fourth-order valence-corrected chi connectivity index (χ4v) is 2.28. The van der Waals surface area contributed by atoms with E-state index in [4.69, 9.17) is 10.4 Å². The van der Waals surface area contributed by atoms with E-state index in [1.54, 1.807) is 12.1 Å². The van der Waals surface area contributed by atoms with Gasteiger partial charge in [0.15, 0.2) is 5.69 Å². The summed E-state index contributed by atoms with van der Waals surface area (Å²) in [5.74, 6) is -1.04. The first-order chi connectivity index (χ1) is 9.10. The molecule has 0 saturated carbocycles. The van der Waals surface area contributed by atoms with Gasteiger partial charge in [-0.3, -0.25) is 0 Å². The second kappa shape index (κ2) is 5.46. The van der Waals surface area contributed by atoms with Gasteiger partial charge < -0.3 is 10.4 Å². The van der Waals surface area contributed by atoms with Crippen LogP contribution in [0.2, 0.25) is 0 Å². The van der Waals surface area contributed by atoms with Gasteiger partial charge in [0.25, 0.3) is 0 Å². The molecule has 0 fully saturated rings. The van der Waals surface area contributed by atoms with Gasteiger partial charge in [0.2, 0.25) is 0 Å². The summed E-state index contributed by atoms with van der Waals surface area (Å²) in [6, 6.07) is 5.18. The third-order valence-corrected chi connectivity index (χ3v) is 3.40. The first-order valence-corrected chi connectivity index (χ1v) is 6.29. The standard InChI is InChI=1S/C12H10N4O2S/c1-7(11-16-10(6-19-11)12(17)18)15-8-2-3-14-9(4-8)5-13/h2-4,6-7H,1H3,(H,14,15)(H,17,18). The van der Waals surface area contributed by atoms with Crippen molar-refractivity contribution in [3.05, 3.63) is 40.1 Å². The second-order valence-electron chi connectivity index (χ2n) is 3.78. The molecule has 7 heteroatoms. The fourth-order valence-electron chi connectivity index (χ4n) is 1.48. The summed E-state index contributed by atoms with van der Waals surface area (Å²) < 4.78 is 0. The van der Waals surface area contributed by atoms with Crippen LogP contribution in [-0.2, 0) is 0 Å². The number of carboxylic acid groups (broad SMARTS) is 1. The number of rotatable bonds is 4. The Morgan fingerprint density at radius 2 is 2.42 bits per heavy atom. The molecule has 2 heterocycles. The molecule has 96 valence electrons. The van der Waals surface area contributed by atoms with Gasteiger partial charge in [-0.25, -0.2) is 14.8 Å². The molecule has 0 radical (unpaired) electrons. The van der Waals surface area contributed by atoms with Crippen LogP contribution in [0.15, 0.2) is 23.7 Å². The predicted octanol–water partition coefficient (Wildman–Crippen LogP) is 2.28. The van der Waals surface area contributed by atoms with Gasteiger partial charge in [-0.15, -0.1) is 11.3 Å². The van der Waals surface area contributed by atoms with E-state index in [1.165, 1.54) is 22.9 Å². The van der Waals surface area contributed by atoms with Gasteiger partial charge in [0.1, 0.15) is 16.8 Å². The molecule has 1 unspecified atom stereocenters. The van der Waals surface area contributed by atoms with E-state index in [0.29, 0.717) is 10.7 Å². The Labute approximate surface area is 113 Å². The maximum Gasteiger partial charge on any atom is 0.355 e. The van der Waals surface area contributed by atoms with Gasteiger partial charge in [0, 0.05) is 17.3 Å². The highest BCUT2D eigenvalue weighted by Crippen LogP contribution is 2.22. The van der Waals surface area contributed by atoms with E-state index in [0.717, 1.165) is 5.69 Å². The number of hydrogen-bond donors (Lipinski definition) is 2. The highest BCUT2D eigenvalue weighted by molar-refractivity contribution is 7.09. The van der Waals surface area contributed by atoms with Crippen LogP contribution < -0.4 is 5.32 Å². The largest absolute Gasteiger partial charge is 0.476 e. The Balaban J connectivity index is 2.13. The zero-order valence-corrected chi connectivity index (χ0v) is 10.8. The number of nitrogens with one attached hydrogen (secondary N) is 1. The van der Waals surface area contributed by atoms with E-state index in [1.807, 2.05) is 13.0 Å². The number of pyridine rings is 1. The Bertz CT molecular complexity index is 647. The monoisotopic (exact) mass is 274 g/mol. The van der Waals surface area contributed by atoms with Crippen LogP contribution >= 0.6 is 11.3 Å². The Morgan fingerprint density at radius 3 is 3.05 bits per heavy atom. The normalized spacial score (nSPS) is 11.6. The lowest BCUT2D eigenvalue weighted by Gasteiger charge is -2.12. The first kappa shape index (κ1) is 13.0. The maximum atomic E-state index is 10.8. The molecule has 0 amide bonds. The molecule has 2 aromatic heterocycles. The Kier molecular flexibility index (Phi) is 3.73. The van der Waals surface area contributed by atoms with Crippen molar-refractivity contribution in [2.45, 2.75) is 13.0 Å². The number of anilines is 1. The smallest absolute Gasteiger partial charge is 0.355 e. The molecule has 6 nitrogen and oxygen atoms in total. The van der Waals surface area contributed by atoms with Crippen molar-refractivity contribution < 1.29 is 9.90 Å². The van der Waals surface area contributed by atoms with Gasteiger partial charge in [-0.05, 0) is 19.1 Å². The molecule has 0 bridgehead atoms. The number of aromatic nitrogens is 2. The minimum atomic E-state index is -1.04. The number of aromatic carboxylic acids is 1. The van der Waals surface area contributed by atoms with E-state index in [9.17, 15) is 4.79 Å². The summed E-state index contributed by atoms with van der Waals surface area (Å²) in [4.78, 5) is 18.7. The molecule has 2 N–H and O–H groups in total. The molecule has 19 heavy (non-hydrogen) atoms. The number of nitriles is 1. The molecule has 0 spiro atoms. The average Bonchev–Trinajstić information content (AvgIpc) is 2.89. The zero-order valence-electron chi connectivity index (χ0n) is 9.99. The van der Waals surface area contributed by atoms with Crippen molar-refractivity contribution >= 4 is 23.0 Å². The number of thiazole rings is 1. The number of hydrogen-bond acceptors (Lipinski definition) is 6. The second-order valence-corrected chi connectivity index (χ2v) is 4.67. The van der Waals surface area contributed by atoms with Gasteiger partial charge in [-0.2, -0.15) is 5.26 Å². The molecule has 2 rings (SSSR count). The first-order valence-electron chi connectivity index (χ1n) is 5.41. The van der Waals surface area contributed by atoms with E-state index < -0.39 is 5.97 Å². The molecular weight excluding hydrogens is 264 g/mol. The van der Waals surface area contributed by atoms with Crippen LogP contribution in [0.5, 0.6) is 0 Å². The zero-order chi connectivity index (χ0) is 13.8. The summed E-state index contributed by atoms with van der Waals surface area (Å²) in [6.45, 7) is 1.87. The maximum absolute atomic E-state index is 10.8. The third-order valence-electron chi connectivity index (χ3n) is 2.37. The lowest BCUT2D eigenvalue weighted by atomic mass is 10.3. The number of nitrogens with zero attached hydrogens (tertiary/aromatic N) is 3.